The van der Waals surface area contributed by atoms with E-state index in [4.69, 9.17) is 0 Å². The number of aromatic nitrogens is 1. The highest BCUT2D eigenvalue weighted by molar-refractivity contribution is 5.79. The molecule has 4 nitrogen and oxygen atoms in total. The number of carbonyl (C=O) groups excluding carboxylic acids is 1. The number of hydrogen-bond donors (Lipinski definition) is 2. The lowest BCUT2D eigenvalue weighted by Crippen LogP contribution is -2.39. The Hall–Kier alpha value is -1.42. The van der Waals surface area contributed by atoms with Gasteiger partial charge in [0, 0.05) is 18.3 Å². The van der Waals surface area contributed by atoms with E-state index in [2.05, 4.69) is 15.6 Å². The minimum absolute atomic E-state index is 0.0334. The molecule has 0 radical (unpaired) electrons. The van der Waals surface area contributed by atoms with Crippen LogP contribution in [0.4, 0.5) is 0 Å². The van der Waals surface area contributed by atoms with Crippen LogP contribution in [0.25, 0.3) is 0 Å². The monoisotopic (exact) mass is 233 g/mol. The summed E-state index contributed by atoms with van der Waals surface area (Å²) in [7, 11) is 0. The van der Waals surface area contributed by atoms with Crippen LogP contribution < -0.4 is 10.6 Å². The van der Waals surface area contributed by atoms with Crippen LogP contribution in [-0.4, -0.2) is 24.0 Å². The Balaban J connectivity index is 1.89. The maximum atomic E-state index is 12.0. The molecule has 1 saturated heterocycles. The van der Waals surface area contributed by atoms with Crippen LogP contribution >= 0.6 is 0 Å². The van der Waals surface area contributed by atoms with E-state index in [1.807, 2.05) is 19.1 Å². The zero-order valence-electron chi connectivity index (χ0n) is 10.1. The van der Waals surface area contributed by atoms with Crippen molar-refractivity contribution >= 4 is 5.91 Å². The number of pyridine rings is 1. The number of piperidine rings is 1. The number of hydrogen-bond acceptors (Lipinski definition) is 3. The van der Waals surface area contributed by atoms with Gasteiger partial charge in [-0.05, 0) is 44.5 Å². The number of nitrogens with zero attached hydrogens (tertiary/aromatic N) is 1. The first kappa shape index (κ1) is 12.0. The van der Waals surface area contributed by atoms with Gasteiger partial charge < -0.3 is 10.6 Å². The summed E-state index contributed by atoms with van der Waals surface area (Å²) in [4.78, 5) is 16.1. The number of nitrogens with one attached hydrogen (secondary N) is 2. The second kappa shape index (κ2) is 5.77. The molecule has 1 aliphatic heterocycles. The van der Waals surface area contributed by atoms with Gasteiger partial charge in [-0.15, -0.1) is 0 Å². The Morgan fingerprint density at radius 2 is 2.29 bits per heavy atom. The standard InChI is InChI=1S/C13H19N3O/c1-10(12-3-2-6-15-9-12)16-13(17)11-4-7-14-8-5-11/h2-3,6,9-11,14H,4-5,7-8H2,1H3,(H,16,17)/t10-/m1/s1. The molecule has 1 atom stereocenters. The van der Waals surface area contributed by atoms with Crippen LogP contribution in [0.2, 0.25) is 0 Å². The van der Waals surface area contributed by atoms with E-state index in [9.17, 15) is 4.79 Å². The van der Waals surface area contributed by atoms with Gasteiger partial charge in [0.05, 0.1) is 6.04 Å². The highest BCUT2D eigenvalue weighted by Gasteiger charge is 2.22. The number of amides is 1. The van der Waals surface area contributed by atoms with Gasteiger partial charge in [0.25, 0.3) is 0 Å². The molecule has 92 valence electrons. The molecule has 2 rings (SSSR count). The lowest BCUT2D eigenvalue weighted by atomic mass is 9.96. The molecular weight excluding hydrogens is 214 g/mol. The van der Waals surface area contributed by atoms with E-state index >= 15 is 0 Å². The lowest BCUT2D eigenvalue weighted by Gasteiger charge is -2.24. The molecule has 0 aromatic carbocycles. The van der Waals surface area contributed by atoms with Crippen molar-refractivity contribution < 1.29 is 4.79 Å². The van der Waals surface area contributed by atoms with Gasteiger partial charge in [-0.3, -0.25) is 9.78 Å². The Morgan fingerprint density at radius 3 is 2.94 bits per heavy atom. The van der Waals surface area contributed by atoms with Gasteiger partial charge in [0.2, 0.25) is 5.91 Å². The minimum Gasteiger partial charge on any atom is -0.349 e. The quantitative estimate of drug-likeness (QED) is 0.826. The third-order valence-corrected chi connectivity index (χ3v) is 3.25. The van der Waals surface area contributed by atoms with Gasteiger partial charge >= 0.3 is 0 Å². The lowest BCUT2D eigenvalue weighted by molar-refractivity contribution is -0.126. The zero-order valence-corrected chi connectivity index (χ0v) is 10.1. The number of rotatable bonds is 3. The predicted molar refractivity (Wildman–Crippen MR) is 66.4 cm³/mol. The largest absolute Gasteiger partial charge is 0.349 e. The van der Waals surface area contributed by atoms with E-state index in [1.54, 1.807) is 12.4 Å². The molecule has 4 heteroatoms. The maximum absolute atomic E-state index is 12.0. The van der Waals surface area contributed by atoms with Crippen LogP contribution in [0.15, 0.2) is 24.5 Å². The Bertz CT molecular complexity index is 360. The first-order valence-electron chi connectivity index (χ1n) is 6.18. The van der Waals surface area contributed by atoms with E-state index in [0.29, 0.717) is 0 Å². The molecule has 1 fully saturated rings. The van der Waals surface area contributed by atoms with Gasteiger partial charge in [0.15, 0.2) is 0 Å². The van der Waals surface area contributed by atoms with Crippen LogP contribution in [0, 0.1) is 5.92 Å². The normalized spacial score (nSPS) is 18.6. The van der Waals surface area contributed by atoms with E-state index in [1.165, 1.54) is 0 Å². The third kappa shape index (κ3) is 3.27. The van der Waals surface area contributed by atoms with Gasteiger partial charge in [-0.25, -0.2) is 0 Å². The van der Waals surface area contributed by atoms with Crippen molar-refractivity contribution in [3.8, 4) is 0 Å². The molecular formula is C13H19N3O. The Morgan fingerprint density at radius 1 is 1.53 bits per heavy atom. The molecule has 0 unspecified atom stereocenters. The molecule has 0 bridgehead atoms. The molecule has 1 amide bonds. The average Bonchev–Trinajstić information content (AvgIpc) is 2.40. The van der Waals surface area contributed by atoms with Crippen LogP contribution in [-0.2, 0) is 4.79 Å². The van der Waals surface area contributed by atoms with Crippen molar-refractivity contribution in [3.63, 3.8) is 0 Å². The summed E-state index contributed by atoms with van der Waals surface area (Å²) in [6.07, 6.45) is 5.41. The van der Waals surface area contributed by atoms with E-state index < -0.39 is 0 Å². The first-order chi connectivity index (χ1) is 8.27. The smallest absolute Gasteiger partial charge is 0.223 e. The summed E-state index contributed by atoms with van der Waals surface area (Å²) in [5.74, 6) is 0.332. The van der Waals surface area contributed by atoms with Crippen LogP contribution in [0.1, 0.15) is 31.4 Å². The summed E-state index contributed by atoms with van der Waals surface area (Å²) in [5.41, 5.74) is 1.05. The zero-order chi connectivity index (χ0) is 12.1. The third-order valence-electron chi connectivity index (χ3n) is 3.25. The summed E-state index contributed by atoms with van der Waals surface area (Å²) in [6.45, 7) is 3.88. The van der Waals surface area contributed by atoms with Crippen molar-refractivity contribution in [2.75, 3.05) is 13.1 Å². The summed E-state index contributed by atoms with van der Waals surface area (Å²) in [5, 5.41) is 6.32. The molecule has 0 aliphatic carbocycles. The molecule has 2 N–H and O–H groups in total. The van der Waals surface area contributed by atoms with Gasteiger partial charge in [0.1, 0.15) is 0 Å². The summed E-state index contributed by atoms with van der Waals surface area (Å²) >= 11 is 0. The first-order valence-corrected chi connectivity index (χ1v) is 6.18. The summed E-state index contributed by atoms with van der Waals surface area (Å²) < 4.78 is 0. The molecule has 1 aromatic rings. The van der Waals surface area contributed by atoms with Gasteiger partial charge in [-0.1, -0.05) is 6.07 Å². The topological polar surface area (TPSA) is 54.0 Å². The Kier molecular flexibility index (Phi) is 4.09. The van der Waals surface area contributed by atoms with Crippen molar-refractivity contribution in [1.82, 2.24) is 15.6 Å². The fourth-order valence-electron chi connectivity index (χ4n) is 2.13. The highest BCUT2D eigenvalue weighted by atomic mass is 16.1. The highest BCUT2D eigenvalue weighted by Crippen LogP contribution is 2.15. The van der Waals surface area contributed by atoms with Crippen LogP contribution in [0.5, 0.6) is 0 Å². The van der Waals surface area contributed by atoms with Crippen molar-refractivity contribution in [1.29, 1.82) is 0 Å². The fraction of sp³-hybridized carbons (Fsp3) is 0.538. The second-order valence-electron chi connectivity index (χ2n) is 4.54. The summed E-state index contributed by atoms with van der Waals surface area (Å²) in [6, 6.07) is 3.91. The number of carbonyl (C=O) groups is 1. The van der Waals surface area contributed by atoms with Crippen molar-refractivity contribution in [2.45, 2.75) is 25.8 Å². The van der Waals surface area contributed by atoms with E-state index in [0.717, 1.165) is 31.5 Å². The second-order valence-corrected chi connectivity index (χ2v) is 4.54. The molecule has 17 heavy (non-hydrogen) atoms. The minimum atomic E-state index is 0.0334. The molecule has 0 spiro atoms. The van der Waals surface area contributed by atoms with Crippen molar-refractivity contribution in [2.24, 2.45) is 5.92 Å². The average molecular weight is 233 g/mol. The molecule has 2 heterocycles. The molecule has 1 aromatic heterocycles. The SMILES string of the molecule is C[C@@H](NC(=O)C1CCNCC1)c1cccnc1. The fourth-order valence-corrected chi connectivity index (χ4v) is 2.13. The van der Waals surface area contributed by atoms with Crippen LogP contribution in [0.3, 0.4) is 0 Å². The molecule has 1 aliphatic rings. The van der Waals surface area contributed by atoms with Crippen molar-refractivity contribution in [3.05, 3.63) is 30.1 Å². The van der Waals surface area contributed by atoms with Gasteiger partial charge in [-0.2, -0.15) is 0 Å². The molecule has 0 saturated carbocycles. The van der Waals surface area contributed by atoms with E-state index in [-0.39, 0.29) is 17.9 Å². The predicted octanol–water partition coefficient (Wildman–Crippen LogP) is 1.26. The maximum Gasteiger partial charge on any atom is 0.223 e. The Labute approximate surface area is 102 Å².